The number of nitrogens with one attached hydrogen (secondary N) is 1. The molecule has 0 aromatic heterocycles. The molecule has 0 radical (unpaired) electrons. The molecule has 4 rings (SSSR count). The number of hydrogen-bond donors (Lipinski definition) is 2. The summed E-state index contributed by atoms with van der Waals surface area (Å²) in [6, 6.07) is 10.8. The van der Waals surface area contributed by atoms with Gasteiger partial charge in [-0.2, -0.15) is 13.2 Å². The minimum atomic E-state index is -5.23. The number of likely N-dealkylation sites (tertiary alicyclic amines) is 1. The first-order chi connectivity index (χ1) is 16.5. The summed E-state index contributed by atoms with van der Waals surface area (Å²) in [5.74, 6) is -2.53. The summed E-state index contributed by atoms with van der Waals surface area (Å²) in [6.07, 6.45) is -4.73. The molecule has 0 aliphatic carbocycles. The van der Waals surface area contributed by atoms with Crippen LogP contribution < -0.4 is 10.1 Å². The predicted octanol–water partition coefficient (Wildman–Crippen LogP) is 3.50. The maximum Gasteiger partial charge on any atom is 0.430 e. The van der Waals surface area contributed by atoms with Crippen molar-refractivity contribution in [1.29, 1.82) is 0 Å². The number of methoxy groups -OCH3 is 1. The van der Waals surface area contributed by atoms with E-state index >= 15 is 0 Å². The number of amides is 2. The normalized spacial score (nSPS) is 21.8. The Morgan fingerprint density at radius 2 is 1.77 bits per heavy atom. The van der Waals surface area contributed by atoms with E-state index in [0.29, 0.717) is 5.56 Å². The number of rotatable bonds is 4. The third-order valence-corrected chi connectivity index (χ3v) is 7.29. The number of nitrogens with zero attached hydrogens (tertiary/aromatic N) is 1. The summed E-state index contributed by atoms with van der Waals surface area (Å²) in [7, 11) is 1.35. The molecule has 2 heterocycles. The van der Waals surface area contributed by atoms with Crippen molar-refractivity contribution in [3.8, 4) is 5.75 Å². The number of para-hydroxylation sites is 1. The molecule has 2 aromatic rings. The molecule has 2 aliphatic rings. The third-order valence-electron chi connectivity index (χ3n) is 7.29. The minimum absolute atomic E-state index is 0.0575. The quantitative estimate of drug-likeness (QED) is 0.638. The number of alkyl halides is 3. The number of carbonyl (C=O) groups is 2. The number of halogens is 4. The molecule has 2 saturated heterocycles. The Morgan fingerprint density at radius 1 is 1.11 bits per heavy atom. The summed E-state index contributed by atoms with van der Waals surface area (Å²) in [5, 5.41) is 13.5. The van der Waals surface area contributed by atoms with Gasteiger partial charge in [-0.1, -0.05) is 42.5 Å². The fourth-order valence-corrected chi connectivity index (χ4v) is 5.39. The fourth-order valence-electron chi connectivity index (χ4n) is 5.39. The molecular formula is C25H26F4N2O4. The van der Waals surface area contributed by atoms with Crippen molar-refractivity contribution < 1.29 is 37.0 Å². The van der Waals surface area contributed by atoms with Crippen molar-refractivity contribution in [2.75, 3.05) is 26.7 Å². The van der Waals surface area contributed by atoms with Gasteiger partial charge in [-0.05, 0) is 24.3 Å². The molecule has 2 aromatic carbocycles. The van der Waals surface area contributed by atoms with E-state index in [9.17, 15) is 32.3 Å². The highest BCUT2D eigenvalue weighted by molar-refractivity contribution is 5.87. The van der Waals surface area contributed by atoms with E-state index in [1.807, 2.05) is 0 Å². The van der Waals surface area contributed by atoms with Crippen molar-refractivity contribution in [3.05, 3.63) is 65.5 Å². The molecule has 2 amide bonds. The van der Waals surface area contributed by atoms with Crippen LogP contribution in [0.2, 0.25) is 0 Å². The second-order valence-electron chi connectivity index (χ2n) is 9.12. The molecule has 2 aliphatic heterocycles. The Hall–Kier alpha value is -3.14. The Balaban J connectivity index is 1.63. The number of aliphatic hydroxyl groups is 1. The molecule has 1 spiro atoms. The summed E-state index contributed by atoms with van der Waals surface area (Å²) in [4.78, 5) is 26.4. The van der Waals surface area contributed by atoms with E-state index in [-0.39, 0.29) is 56.5 Å². The minimum Gasteiger partial charge on any atom is -0.493 e. The smallest absolute Gasteiger partial charge is 0.430 e. The highest BCUT2D eigenvalue weighted by atomic mass is 19.4. The molecule has 10 heteroatoms. The average molecular weight is 494 g/mol. The topological polar surface area (TPSA) is 78.9 Å². The lowest BCUT2D eigenvalue weighted by Crippen LogP contribution is -2.59. The zero-order chi connectivity index (χ0) is 25.4. The molecule has 0 unspecified atom stereocenters. The molecule has 188 valence electrons. The van der Waals surface area contributed by atoms with Crippen LogP contribution in [0.25, 0.3) is 0 Å². The highest BCUT2D eigenvalue weighted by Gasteiger charge is 2.62. The van der Waals surface area contributed by atoms with Crippen LogP contribution in [0.4, 0.5) is 17.6 Å². The van der Waals surface area contributed by atoms with Gasteiger partial charge in [-0.15, -0.1) is 0 Å². The van der Waals surface area contributed by atoms with Crippen LogP contribution >= 0.6 is 0 Å². The van der Waals surface area contributed by atoms with Gasteiger partial charge in [0, 0.05) is 43.1 Å². The maximum absolute atomic E-state index is 14.4. The zero-order valence-electron chi connectivity index (χ0n) is 19.1. The number of carbonyl (C=O) groups excluding carboxylic acids is 2. The number of hydrogen-bond acceptors (Lipinski definition) is 4. The lowest BCUT2D eigenvalue weighted by molar-refractivity contribution is -0.262. The lowest BCUT2D eigenvalue weighted by Gasteiger charge is -2.50. The van der Waals surface area contributed by atoms with Gasteiger partial charge < -0.3 is 20.1 Å². The van der Waals surface area contributed by atoms with Gasteiger partial charge in [0.05, 0.1) is 7.11 Å². The van der Waals surface area contributed by atoms with E-state index in [4.69, 9.17) is 4.74 Å². The van der Waals surface area contributed by atoms with Crippen LogP contribution in [0, 0.1) is 11.2 Å². The zero-order valence-corrected chi connectivity index (χ0v) is 19.1. The Labute approximate surface area is 199 Å². The monoisotopic (exact) mass is 494 g/mol. The van der Waals surface area contributed by atoms with E-state index in [1.54, 1.807) is 12.1 Å². The molecule has 2 atom stereocenters. The van der Waals surface area contributed by atoms with Crippen LogP contribution in [0.5, 0.6) is 5.75 Å². The van der Waals surface area contributed by atoms with Gasteiger partial charge >= 0.3 is 6.18 Å². The average Bonchev–Trinajstić information content (AvgIpc) is 2.83. The second kappa shape index (κ2) is 9.14. The Kier molecular flexibility index (Phi) is 6.52. The molecule has 2 fully saturated rings. The van der Waals surface area contributed by atoms with Crippen LogP contribution in [-0.2, 0) is 15.2 Å². The van der Waals surface area contributed by atoms with Gasteiger partial charge in [0.1, 0.15) is 0 Å². The van der Waals surface area contributed by atoms with E-state index in [0.717, 1.165) is 17.0 Å². The van der Waals surface area contributed by atoms with E-state index in [2.05, 4.69) is 5.32 Å². The van der Waals surface area contributed by atoms with Gasteiger partial charge in [-0.25, -0.2) is 4.39 Å². The van der Waals surface area contributed by atoms with E-state index in [1.165, 1.54) is 31.4 Å². The largest absolute Gasteiger partial charge is 0.493 e. The first-order valence-electron chi connectivity index (χ1n) is 11.3. The molecule has 2 N–H and O–H groups in total. The summed E-state index contributed by atoms with van der Waals surface area (Å²) >= 11 is 0. The van der Waals surface area contributed by atoms with Gasteiger partial charge in [0.2, 0.25) is 5.91 Å². The highest BCUT2D eigenvalue weighted by Crippen LogP contribution is 2.51. The lowest BCUT2D eigenvalue weighted by atomic mass is 9.62. The first-order valence-corrected chi connectivity index (χ1v) is 11.3. The van der Waals surface area contributed by atoms with Crippen molar-refractivity contribution in [2.45, 2.75) is 37.0 Å². The van der Waals surface area contributed by atoms with E-state index < -0.39 is 34.5 Å². The number of ether oxygens (including phenoxy) is 1. The SMILES string of the molecule is COc1c(F)cccc1[C@@H]1CNC(=O)CC12CCN(C(=O)[C@](O)(c1ccccc1)C(F)(F)F)CC2. The molecule has 0 saturated carbocycles. The standard InChI is InChI=1S/C25H26F4N2O4/c1-35-21-17(8-5-9-19(21)26)18-15-30-20(32)14-23(18)10-12-31(13-11-23)22(33)24(34,25(27,28)29)16-6-3-2-4-7-16/h2-9,18,34H,10-15H2,1H3,(H,30,32)/t18-,24+/m0/s1. The Morgan fingerprint density at radius 3 is 2.37 bits per heavy atom. The molecule has 6 nitrogen and oxygen atoms in total. The maximum atomic E-state index is 14.4. The molecule has 0 bridgehead atoms. The van der Waals surface area contributed by atoms with Crippen LogP contribution in [0.15, 0.2) is 48.5 Å². The van der Waals surface area contributed by atoms with Gasteiger partial charge in [-0.3, -0.25) is 9.59 Å². The Bertz CT molecular complexity index is 1100. The first kappa shape index (κ1) is 25.0. The van der Waals surface area contributed by atoms with Crippen molar-refractivity contribution in [2.24, 2.45) is 5.41 Å². The summed E-state index contributed by atoms with van der Waals surface area (Å²) in [6.45, 7) is 0.0278. The molecular weight excluding hydrogens is 468 g/mol. The van der Waals surface area contributed by atoms with Gasteiger partial charge in [0.25, 0.3) is 11.5 Å². The van der Waals surface area contributed by atoms with Crippen molar-refractivity contribution in [1.82, 2.24) is 10.2 Å². The fraction of sp³-hybridized carbons (Fsp3) is 0.440. The second-order valence-corrected chi connectivity index (χ2v) is 9.12. The van der Waals surface area contributed by atoms with Crippen LogP contribution in [-0.4, -0.2) is 54.7 Å². The van der Waals surface area contributed by atoms with Gasteiger partial charge in [0.15, 0.2) is 11.6 Å². The predicted molar refractivity (Wildman–Crippen MR) is 118 cm³/mol. The third kappa shape index (κ3) is 4.24. The summed E-state index contributed by atoms with van der Waals surface area (Å²) < 4.78 is 61.7. The number of benzene rings is 2. The van der Waals surface area contributed by atoms with Crippen LogP contribution in [0.3, 0.4) is 0 Å². The molecule has 35 heavy (non-hydrogen) atoms. The van der Waals surface area contributed by atoms with Crippen molar-refractivity contribution >= 4 is 11.8 Å². The summed E-state index contributed by atoms with van der Waals surface area (Å²) in [5.41, 5.74) is -4.39. The van der Waals surface area contributed by atoms with Crippen molar-refractivity contribution in [3.63, 3.8) is 0 Å². The van der Waals surface area contributed by atoms with Crippen LogP contribution in [0.1, 0.15) is 36.3 Å². The number of piperidine rings is 2.